The minimum absolute atomic E-state index is 0.0298. The number of hydrogen-bond donors (Lipinski definition) is 4. The van der Waals surface area contributed by atoms with E-state index in [1.54, 1.807) is 12.4 Å². The normalized spacial score (nSPS) is 18.1. The third-order valence-electron chi connectivity index (χ3n) is 3.99. The SMILES string of the molecule is CCC(NC(=O)NC1(CC(=O)O)CCCC1)c1ncc[nH]1. The van der Waals surface area contributed by atoms with Gasteiger partial charge in [-0.1, -0.05) is 19.8 Å². The Morgan fingerprint density at radius 1 is 1.48 bits per heavy atom. The largest absolute Gasteiger partial charge is 0.481 e. The summed E-state index contributed by atoms with van der Waals surface area (Å²) in [6.45, 7) is 1.95. The third kappa shape index (κ3) is 3.96. The number of imidazole rings is 1. The van der Waals surface area contributed by atoms with Crippen molar-refractivity contribution in [3.63, 3.8) is 0 Å². The van der Waals surface area contributed by atoms with Crippen LogP contribution in [-0.4, -0.2) is 32.6 Å². The summed E-state index contributed by atoms with van der Waals surface area (Å²) in [5.74, 6) is -0.179. The molecule has 7 nitrogen and oxygen atoms in total. The van der Waals surface area contributed by atoms with Crippen LogP contribution >= 0.6 is 0 Å². The lowest BCUT2D eigenvalue weighted by Gasteiger charge is -2.29. The molecule has 1 saturated carbocycles. The van der Waals surface area contributed by atoms with Crippen molar-refractivity contribution in [1.29, 1.82) is 0 Å². The minimum atomic E-state index is -0.879. The number of hydrogen-bond acceptors (Lipinski definition) is 3. The van der Waals surface area contributed by atoms with Crippen LogP contribution in [0.2, 0.25) is 0 Å². The molecule has 1 aliphatic carbocycles. The van der Waals surface area contributed by atoms with Crippen LogP contribution in [0.1, 0.15) is 57.3 Å². The van der Waals surface area contributed by atoms with Gasteiger partial charge in [0.25, 0.3) is 0 Å². The molecule has 1 atom stereocenters. The summed E-state index contributed by atoms with van der Waals surface area (Å²) < 4.78 is 0. The van der Waals surface area contributed by atoms with Gasteiger partial charge in [-0.15, -0.1) is 0 Å². The Hall–Kier alpha value is -2.05. The zero-order valence-electron chi connectivity index (χ0n) is 12.2. The van der Waals surface area contributed by atoms with Gasteiger partial charge in [0, 0.05) is 12.4 Å². The van der Waals surface area contributed by atoms with Gasteiger partial charge in [0.2, 0.25) is 0 Å². The van der Waals surface area contributed by atoms with Crippen LogP contribution < -0.4 is 10.6 Å². The first-order chi connectivity index (χ1) is 10.0. The summed E-state index contributed by atoms with van der Waals surface area (Å²) in [5, 5.41) is 14.8. The number of rotatable bonds is 6. The summed E-state index contributed by atoms with van der Waals surface area (Å²) in [4.78, 5) is 30.3. The summed E-state index contributed by atoms with van der Waals surface area (Å²) in [6, 6.07) is -0.537. The molecule has 1 aliphatic rings. The summed E-state index contributed by atoms with van der Waals surface area (Å²) in [6.07, 6.45) is 7.34. The number of aliphatic carboxylic acids is 1. The topological polar surface area (TPSA) is 107 Å². The molecule has 0 spiro atoms. The van der Waals surface area contributed by atoms with Gasteiger partial charge in [-0.25, -0.2) is 9.78 Å². The summed E-state index contributed by atoms with van der Waals surface area (Å²) in [7, 11) is 0. The van der Waals surface area contributed by atoms with E-state index < -0.39 is 11.5 Å². The standard InChI is InChI=1S/C14H22N4O3/c1-2-10(12-15-7-8-16-12)17-13(21)18-14(9-11(19)20)5-3-4-6-14/h7-8,10H,2-6,9H2,1H3,(H,15,16)(H,19,20)(H2,17,18,21). The molecule has 21 heavy (non-hydrogen) atoms. The molecule has 2 rings (SSSR count). The summed E-state index contributed by atoms with van der Waals surface area (Å²) in [5.41, 5.74) is -0.614. The fourth-order valence-electron chi connectivity index (χ4n) is 2.95. The lowest BCUT2D eigenvalue weighted by molar-refractivity contribution is -0.138. The zero-order valence-corrected chi connectivity index (χ0v) is 12.2. The predicted octanol–water partition coefficient (Wildman–Crippen LogP) is 1.95. The first-order valence-electron chi connectivity index (χ1n) is 7.34. The molecule has 0 aromatic carbocycles. The molecule has 2 amide bonds. The van der Waals surface area contributed by atoms with Gasteiger partial charge < -0.3 is 20.7 Å². The number of carboxylic acids is 1. The van der Waals surface area contributed by atoms with Gasteiger partial charge in [-0.3, -0.25) is 4.79 Å². The van der Waals surface area contributed by atoms with Gasteiger partial charge >= 0.3 is 12.0 Å². The number of amides is 2. The van der Waals surface area contributed by atoms with Crippen molar-refractivity contribution in [2.24, 2.45) is 0 Å². The average molecular weight is 294 g/mol. The first-order valence-corrected chi connectivity index (χ1v) is 7.34. The van der Waals surface area contributed by atoms with Crippen molar-refractivity contribution < 1.29 is 14.7 Å². The van der Waals surface area contributed by atoms with Crippen LogP contribution in [0.4, 0.5) is 4.79 Å². The van der Waals surface area contributed by atoms with Gasteiger partial charge in [-0.05, 0) is 19.3 Å². The molecule has 1 aromatic rings. The Balaban J connectivity index is 1.97. The third-order valence-corrected chi connectivity index (χ3v) is 3.99. The van der Waals surface area contributed by atoms with Crippen LogP contribution in [0, 0.1) is 0 Å². The van der Waals surface area contributed by atoms with E-state index in [0.717, 1.165) is 12.8 Å². The Kier molecular flexibility index (Phi) is 4.82. The molecule has 0 radical (unpaired) electrons. The Morgan fingerprint density at radius 3 is 2.71 bits per heavy atom. The molecule has 7 heteroatoms. The van der Waals surface area contributed by atoms with E-state index in [-0.39, 0.29) is 18.5 Å². The second-order valence-corrected chi connectivity index (χ2v) is 5.59. The van der Waals surface area contributed by atoms with Gasteiger partial charge in [-0.2, -0.15) is 0 Å². The Labute approximate surface area is 123 Å². The number of H-pyrrole nitrogens is 1. The highest BCUT2D eigenvalue weighted by Gasteiger charge is 2.37. The van der Waals surface area contributed by atoms with Crippen LogP contribution in [0.3, 0.4) is 0 Å². The maximum Gasteiger partial charge on any atom is 0.315 e. The quantitative estimate of drug-likeness (QED) is 0.643. The molecule has 0 saturated heterocycles. The highest BCUT2D eigenvalue weighted by molar-refractivity contribution is 5.77. The van der Waals surface area contributed by atoms with E-state index in [2.05, 4.69) is 20.6 Å². The van der Waals surface area contributed by atoms with Crippen LogP contribution in [0.15, 0.2) is 12.4 Å². The molecule has 4 N–H and O–H groups in total. The van der Waals surface area contributed by atoms with Crippen molar-refractivity contribution >= 4 is 12.0 Å². The van der Waals surface area contributed by atoms with E-state index >= 15 is 0 Å². The van der Waals surface area contributed by atoms with Crippen molar-refractivity contribution in [3.05, 3.63) is 18.2 Å². The molecule has 116 valence electrons. The van der Waals surface area contributed by atoms with E-state index in [0.29, 0.717) is 25.1 Å². The number of urea groups is 1. The van der Waals surface area contributed by atoms with E-state index in [1.165, 1.54) is 0 Å². The molecular formula is C14H22N4O3. The number of nitrogens with one attached hydrogen (secondary N) is 3. The number of carbonyl (C=O) groups is 2. The average Bonchev–Trinajstić information content (AvgIpc) is 3.07. The number of aromatic nitrogens is 2. The molecule has 0 bridgehead atoms. The van der Waals surface area contributed by atoms with Crippen LogP contribution in [-0.2, 0) is 4.79 Å². The van der Waals surface area contributed by atoms with E-state index in [1.807, 2.05) is 6.92 Å². The van der Waals surface area contributed by atoms with Crippen molar-refractivity contribution in [2.45, 2.75) is 57.0 Å². The van der Waals surface area contributed by atoms with Gasteiger partial charge in [0.1, 0.15) is 5.82 Å². The van der Waals surface area contributed by atoms with Crippen LogP contribution in [0.25, 0.3) is 0 Å². The van der Waals surface area contributed by atoms with Gasteiger partial charge in [0.05, 0.1) is 18.0 Å². The highest BCUT2D eigenvalue weighted by Crippen LogP contribution is 2.32. The second-order valence-electron chi connectivity index (χ2n) is 5.59. The molecule has 1 heterocycles. The number of carboxylic acid groups (broad SMARTS) is 1. The molecule has 1 fully saturated rings. The van der Waals surface area contributed by atoms with Gasteiger partial charge in [0.15, 0.2) is 0 Å². The highest BCUT2D eigenvalue weighted by atomic mass is 16.4. The number of aromatic amines is 1. The number of carbonyl (C=O) groups excluding carboxylic acids is 1. The van der Waals surface area contributed by atoms with Crippen molar-refractivity contribution in [2.75, 3.05) is 0 Å². The first kappa shape index (κ1) is 15.3. The maximum absolute atomic E-state index is 12.2. The summed E-state index contributed by atoms with van der Waals surface area (Å²) >= 11 is 0. The molecular weight excluding hydrogens is 272 g/mol. The fraction of sp³-hybridized carbons (Fsp3) is 0.643. The molecule has 1 unspecified atom stereocenters. The van der Waals surface area contributed by atoms with Crippen LogP contribution in [0.5, 0.6) is 0 Å². The Bertz CT molecular complexity index is 480. The van der Waals surface area contributed by atoms with Crippen molar-refractivity contribution in [1.82, 2.24) is 20.6 Å². The smallest absolute Gasteiger partial charge is 0.315 e. The maximum atomic E-state index is 12.2. The van der Waals surface area contributed by atoms with E-state index in [9.17, 15) is 9.59 Å². The Morgan fingerprint density at radius 2 is 2.19 bits per heavy atom. The monoisotopic (exact) mass is 294 g/mol. The number of nitrogens with zero attached hydrogens (tertiary/aromatic N) is 1. The lowest BCUT2D eigenvalue weighted by atomic mass is 9.93. The zero-order chi connectivity index (χ0) is 15.3. The fourth-order valence-corrected chi connectivity index (χ4v) is 2.95. The second kappa shape index (κ2) is 6.60. The molecule has 1 aromatic heterocycles. The predicted molar refractivity (Wildman–Crippen MR) is 76.7 cm³/mol. The van der Waals surface area contributed by atoms with Crippen molar-refractivity contribution in [3.8, 4) is 0 Å². The lowest BCUT2D eigenvalue weighted by Crippen LogP contribution is -2.52. The minimum Gasteiger partial charge on any atom is -0.481 e. The van der Waals surface area contributed by atoms with E-state index in [4.69, 9.17) is 5.11 Å². The molecule has 0 aliphatic heterocycles.